The van der Waals surface area contributed by atoms with Crippen molar-refractivity contribution >= 4 is 11.0 Å². The summed E-state index contributed by atoms with van der Waals surface area (Å²) in [6.07, 6.45) is 5.21. The SMILES string of the molecule is Cc1oc2ccccc2c1C(CN)NC1CCCC1. The molecule has 0 spiro atoms. The molecule has 19 heavy (non-hydrogen) atoms. The van der Waals surface area contributed by atoms with Crippen LogP contribution in [0.2, 0.25) is 0 Å². The van der Waals surface area contributed by atoms with Gasteiger partial charge in [-0.1, -0.05) is 31.0 Å². The maximum absolute atomic E-state index is 6.00. The van der Waals surface area contributed by atoms with Gasteiger partial charge in [-0.3, -0.25) is 0 Å². The Kier molecular flexibility index (Phi) is 3.58. The van der Waals surface area contributed by atoms with E-state index >= 15 is 0 Å². The van der Waals surface area contributed by atoms with Crippen LogP contribution in [0.3, 0.4) is 0 Å². The minimum absolute atomic E-state index is 0.201. The maximum Gasteiger partial charge on any atom is 0.134 e. The number of para-hydroxylation sites is 1. The summed E-state index contributed by atoms with van der Waals surface area (Å²) >= 11 is 0. The molecule has 1 aliphatic rings. The van der Waals surface area contributed by atoms with E-state index in [-0.39, 0.29) is 6.04 Å². The summed E-state index contributed by atoms with van der Waals surface area (Å²) in [5.41, 5.74) is 8.20. The van der Waals surface area contributed by atoms with Gasteiger partial charge >= 0.3 is 0 Å². The molecule has 1 atom stereocenters. The molecule has 2 aromatic rings. The van der Waals surface area contributed by atoms with Crippen molar-refractivity contribution in [1.82, 2.24) is 5.32 Å². The molecule has 102 valence electrons. The molecule has 1 aromatic carbocycles. The highest BCUT2D eigenvalue weighted by Gasteiger charge is 2.23. The van der Waals surface area contributed by atoms with E-state index < -0.39 is 0 Å². The Morgan fingerprint density at radius 3 is 2.79 bits per heavy atom. The fourth-order valence-electron chi connectivity index (χ4n) is 3.27. The molecule has 1 saturated carbocycles. The second-order valence-electron chi connectivity index (χ2n) is 5.50. The third-order valence-electron chi connectivity index (χ3n) is 4.20. The Morgan fingerprint density at radius 2 is 2.05 bits per heavy atom. The van der Waals surface area contributed by atoms with Crippen molar-refractivity contribution in [2.24, 2.45) is 5.73 Å². The third kappa shape index (κ3) is 2.40. The van der Waals surface area contributed by atoms with Gasteiger partial charge in [-0.2, -0.15) is 0 Å². The first-order valence-corrected chi connectivity index (χ1v) is 7.23. The number of hydrogen-bond donors (Lipinski definition) is 2. The fourth-order valence-corrected chi connectivity index (χ4v) is 3.27. The Hall–Kier alpha value is -1.32. The lowest BCUT2D eigenvalue weighted by atomic mass is 10.0. The topological polar surface area (TPSA) is 51.2 Å². The number of rotatable bonds is 4. The molecule has 1 aromatic heterocycles. The molecule has 0 aliphatic heterocycles. The molecule has 0 saturated heterocycles. The largest absolute Gasteiger partial charge is 0.461 e. The lowest BCUT2D eigenvalue weighted by Crippen LogP contribution is -2.35. The zero-order valence-electron chi connectivity index (χ0n) is 11.5. The van der Waals surface area contributed by atoms with E-state index in [9.17, 15) is 0 Å². The highest BCUT2D eigenvalue weighted by Crippen LogP contribution is 2.31. The number of nitrogens with two attached hydrogens (primary N) is 1. The average Bonchev–Trinajstić information content (AvgIpc) is 3.02. The molecule has 0 amide bonds. The van der Waals surface area contributed by atoms with Crippen LogP contribution in [0.5, 0.6) is 0 Å². The predicted molar refractivity (Wildman–Crippen MR) is 78.1 cm³/mol. The summed E-state index contributed by atoms with van der Waals surface area (Å²) < 4.78 is 5.85. The van der Waals surface area contributed by atoms with E-state index in [2.05, 4.69) is 17.4 Å². The van der Waals surface area contributed by atoms with Crippen LogP contribution in [-0.2, 0) is 0 Å². The molecule has 0 bridgehead atoms. The number of aryl methyl sites for hydroxylation is 1. The molecule has 1 aliphatic carbocycles. The highest BCUT2D eigenvalue weighted by molar-refractivity contribution is 5.82. The van der Waals surface area contributed by atoms with Crippen molar-refractivity contribution in [3.63, 3.8) is 0 Å². The van der Waals surface area contributed by atoms with Crippen LogP contribution >= 0.6 is 0 Å². The van der Waals surface area contributed by atoms with E-state index in [0.717, 1.165) is 11.3 Å². The van der Waals surface area contributed by atoms with Crippen molar-refractivity contribution in [3.05, 3.63) is 35.6 Å². The fraction of sp³-hybridized carbons (Fsp3) is 0.500. The Labute approximate surface area is 114 Å². The lowest BCUT2D eigenvalue weighted by Gasteiger charge is -2.21. The first kappa shape index (κ1) is 12.7. The van der Waals surface area contributed by atoms with Crippen molar-refractivity contribution in [2.45, 2.75) is 44.7 Å². The number of fused-ring (bicyclic) bond motifs is 1. The summed E-state index contributed by atoms with van der Waals surface area (Å²) in [6.45, 7) is 2.65. The minimum atomic E-state index is 0.201. The summed E-state index contributed by atoms with van der Waals surface area (Å²) in [7, 11) is 0. The van der Waals surface area contributed by atoms with Gasteiger partial charge in [-0.15, -0.1) is 0 Å². The van der Waals surface area contributed by atoms with Gasteiger partial charge in [0.2, 0.25) is 0 Å². The molecule has 3 N–H and O–H groups in total. The smallest absolute Gasteiger partial charge is 0.134 e. The van der Waals surface area contributed by atoms with Crippen molar-refractivity contribution in [1.29, 1.82) is 0 Å². The first-order chi connectivity index (χ1) is 9.29. The van der Waals surface area contributed by atoms with Crippen LogP contribution in [0, 0.1) is 6.92 Å². The van der Waals surface area contributed by atoms with Gasteiger partial charge in [0.1, 0.15) is 11.3 Å². The number of benzene rings is 1. The molecule has 0 radical (unpaired) electrons. The molecule has 1 heterocycles. The van der Waals surface area contributed by atoms with E-state index in [1.165, 1.54) is 36.6 Å². The zero-order chi connectivity index (χ0) is 13.2. The molecule has 1 unspecified atom stereocenters. The van der Waals surface area contributed by atoms with E-state index in [4.69, 9.17) is 10.2 Å². The van der Waals surface area contributed by atoms with Crippen LogP contribution in [-0.4, -0.2) is 12.6 Å². The molecule has 1 fully saturated rings. The van der Waals surface area contributed by atoms with Gasteiger partial charge in [0, 0.05) is 29.6 Å². The van der Waals surface area contributed by atoms with Gasteiger partial charge in [-0.25, -0.2) is 0 Å². The lowest BCUT2D eigenvalue weighted by molar-refractivity contribution is 0.438. The van der Waals surface area contributed by atoms with E-state index in [0.29, 0.717) is 12.6 Å². The summed E-state index contributed by atoms with van der Waals surface area (Å²) in [5, 5.41) is 4.91. The molecule has 3 rings (SSSR count). The predicted octanol–water partition coefficient (Wildman–Crippen LogP) is 3.27. The summed E-state index contributed by atoms with van der Waals surface area (Å²) in [4.78, 5) is 0. The van der Waals surface area contributed by atoms with Crippen molar-refractivity contribution < 1.29 is 4.42 Å². The zero-order valence-corrected chi connectivity index (χ0v) is 11.5. The van der Waals surface area contributed by atoms with Crippen LogP contribution in [0.15, 0.2) is 28.7 Å². The van der Waals surface area contributed by atoms with Crippen molar-refractivity contribution in [2.75, 3.05) is 6.54 Å². The van der Waals surface area contributed by atoms with Gasteiger partial charge in [0.15, 0.2) is 0 Å². The molecule has 3 nitrogen and oxygen atoms in total. The number of furan rings is 1. The quantitative estimate of drug-likeness (QED) is 0.885. The second-order valence-corrected chi connectivity index (χ2v) is 5.50. The maximum atomic E-state index is 6.00. The van der Waals surface area contributed by atoms with Gasteiger partial charge in [0.25, 0.3) is 0 Å². The van der Waals surface area contributed by atoms with Crippen LogP contribution in [0.4, 0.5) is 0 Å². The Bertz CT molecular complexity index is 555. The van der Waals surface area contributed by atoms with Crippen LogP contribution in [0.1, 0.15) is 43.0 Å². The van der Waals surface area contributed by atoms with Crippen molar-refractivity contribution in [3.8, 4) is 0 Å². The number of hydrogen-bond acceptors (Lipinski definition) is 3. The third-order valence-corrected chi connectivity index (χ3v) is 4.20. The standard InChI is InChI=1S/C16H22N2O/c1-11-16(13-8-4-5-9-15(13)19-11)14(10-17)18-12-6-2-3-7-12/h4-5,8-9,12,14,18H,2-3,6-7,10,17H2,1H3. The van der Waals surface area contributed by atoms with E-state index in [1.54, 1.807) is 0 Å². The van der Waals surface area contributed by atoms with Gasteiger partial charge < -0.3 is 15.5 Å². The average molecular weight is 258 g/mol. The monoisotopic (exact) mass is 258 g/mol. The summed E-state index contributed by atoms with van der Waals surface area (Å²) in [5.74, 6) is 0.988. The normalized spacial score (nSPS) is 18.2. The Morgan fingerprint density at radius 1 is 1.32 bits per heavy atom. The Balaban J connectivity index is 1.93. The molecular weight excluding hydrogens is 236 g/mol. The highest BCUT2D eigenvalue weighted by atomic mass is 16.3. The second kappa shape index (κ2) is 5.35. The van der Waals surface area contributed by atoms with E-state index in [1.807, 2.05) is 19.1 Å². The number of nitrogens with one attached hydrogen (secondary N) is 1. The minimum Gasteiger partial charge on any atom is -0.461 e. The van der Waals surface area contributed by atoms with Gasteiger partial charge in [0.05, 0.1) is 0 Å². The van der Waals surface area contributed by atoms with Crippen LogP contribution < -0.4 is 11.1 Å². The molecule has 3 heteroatoms. The van der Waals surface area contributed by atoms with Crippen LogP contribution in [0.25, 0.3) is 11.0 Å². The summed E-state index contributed by atoms with van der Waals surface area (Å²) in [6, 6.07) is 9.03. The van der Waals surface area contributed by atoms with Gasteiger partial charge in [-0.05, 0) is 25.8 Å². The first-order valence-electron chi connectivity index (χ1n) is 7.23. The molecular formula is C16H22N2O.